The van der Waals surface area contributed by atoms with Crippen LogP contribution < -0.4 is 0 Å². The van der Waals surface area contributed by atoms with Crippen LogP contribution in [-0.4, -0.2) is 30.3 Å². The van der Waals surface area contributed by atoms with E-state index in [0.29, 0.717) is 6.04 Å². The van der Waals surface area contributed by atoms with Gasteiger partial charge in [-0.3, -0.25) is 4.90 Å². The van der Waals surface area contributed by atoms with Gasteiger partial charge in [0.05, 0.1) is 5.41 Å². The number of carbonyl (C=O) groups excluding carboxylic acids is 1. The summed E-state index contributed by atoms with van der Waals surface area (Å²) in [6.07, 6.45) is 4.61. The summed E-state index contributed by atoms with van der Waals surface area (Å²) in [4.78, 5) is 14.2. The van der Waals surface area contributed by atoms with Crippen LogP contribution in [0, 0.1) is 0 Å². The lowest BCUT2D eigenvalue weighted by Crippen LogP contribution is -2.44. The van der Waals surface area contributed by atoms with Gasteiger partial charge >= 0.3 is 0 Å². The molecule has 0 aliphatic heterocycles. The fraction of sp³-hybridized carbons (Fsp3) is 0.611. The van der Waals surface area contributed by atoms with E-state index in [1.165, 1.54) is 12.8 Å². The molecule has 0 spiro atoms. The third kappa shape index (κ3) is 4.45. The second-order valence-electron chi connectivity index (χ2n) is 5.98. The van der Waals surface area contributed by atoms with Crippen LogP contribution in [-0.2, 0) is 10.2 Å². The molecule has 2 unspecified atom stereocenters. The molecule has 0 bridgehead atoms. The van der Waals surface area contributed by atoms with E-state index in [1.807, 2.05) is 18.2 Å². The van der Waals surface area contributed by atoms with E-state index < -0.39 is 5.41 Å². The summed E-state index contributed by atoms with van der Waals surface area (Å²) in [5.74, 6) is 0. The molecule has 112 valence electrons. The lowest BCUT2D eigenvalue weighted by atomic mass is 9.83. The van der Waals surface area contributed by atoms with Gasteiger partial charge in [0.25, 0.3) is 0 Å². The molecule has 0 aromatic heterocycles. The van der Waals surface area contributed by atoms with Crippen molar-refractivity contribution in [1.82, 2.24) is 4.90 Å². The topological polar surface area (TPSA) is 20.3 Å². The molecule has 0 heterocycles. The zero-order valence-corrected chi connectivity index (χ0v) is 13.4. The molecule has 0 N–H and O–H groups in total. The molecular weight excluding hydrogens is 246 g/mol. The first kappa shape index (κ1) is 16.9. The molecule has 1 aromatic carbocycles. The zero-order chi connectivity index (χ0) is 15.0. The van der Waals surface area contributed by atoms with E-state index >= 15 is 0 Å². The minimum Gasteiger partial charge on any atom is -0.302 e. The van der Waals surface area contributed by atoms with E-state index in [1.54, 1.807) is 0 Å². The third-order valence-electron chi connectivity index (χ3n) is 4.24. The average molecular weight is 275 g/mol. The van der Waals surface area contributed by atoms with E-state index in [2.05, 4.69) is 44.7 Å². The van der Waals surface area contributed by atoms with Crippen LogP contribution in [0.1, 0.15) is 52.5 Å². The minimum absolute atomic E-state index is 0.418. The Morgan fingerprint density at radius 1 is 1.25 bits per heavy atom. The molecule has 0 saturated carbocycles. The molecule has 0 fully saturated rings. The van der Waals surface area contributed by atoms with Gasteiger partial charge < -0.3 is 4.79 Å². The Hall–Kier alpha value is -1.15. The summed E-state index contributed by atoms with van der Waals surface area (Å²) in [6, 6.07) is 10.7. The van der Waals surface area contributed by atoms with Crippen LogP contribution in [0.2, 0.25) is 0 Å². The van der Waals surface area contributed by atoms with Crippen LogP contribution in [0.25, 0.3) is 0 Å². The Labute approximate surface area is 124 Å². The fourth-order valence-electron chi connectivity index (χ4n) is 2.51. The van der Waals surface area contributed by atoms with E-state index in [-0.39, 0.29) is 0 Å². The number of nitrogens with zero attached hydrogens (tertiary/aromatic N) is 1. The number of hydrogen-bond donors (Lipinski definition) is 0. The van der Waals surface area contributed by atoms with Crippen molar-refractivity contribution >= 4 is 6.29 Å². The van der Waals surface area contributed by atoms with Crippen LogP contribution in [0.4, 0.5) is 0 Å². The summed E-state index contributed by atoms with van der Waals surface area (Å²) in [6.45, 7) is 10.6. The normalized spacial score (nSPS) is 15.8. The van der Waals surface area contributed by atoms with Crippen LogP contribution in [0.15, 0.2) is 30.3 Å². The Balaban J connectivity index is 2.89. The highest BCUT2D eigenvalue weighted by atomic mass is 16.1. The third-order valence-corrected chi connectivity index (χ3v) is 4.24. The molecule has 2 heteroatoms. The zero-order valence-electron chi connectivity index (χ0n) is 13.4. The second kappa shape index (κ2) is 8.21. The van der Waals surface area contributed by atoms with E-state index in [4.69, 9.17) is 0 Å². The second-order valence-corrected chi connectivity index (χ2v) is 5.98. The van der Waals surface area contributed by atoms with Crippen molar-refractivity contribution in [1.29, 1.82) is 0 Å². The van der Waals surface area contributed by atoms with Crippen LogP contribution in [0.3, 0.4) is 0 Å². The Morgan fingerprint density at radius 2 is 1.90 bits per heavy atom. The summed E-state index contributed by atoms with van der Waals surface area (Å²) < 4.78 is 0. The highest BCUT2D eigenvalue weighted by Crippen LogP contribution is 2.24. The lowest BCUT2D eigenvalue weighted by Gasteiger charge is -2.35. The number of unbranched alkanes of at least 4 members (excludes halogenated alkanes) is 1. The Morgan fingerprint density at radius 3 is 2.40 bits per heavy atom. The largest absolute Gasteiger partial charge is 0.302 e. The van der Waals surface area contributed by atoms with E-state index in [9.17, 15) is 4.79 Å². The quantitative estimate of drug-likeness (QED) is 0.634. The SMILES string of the molecule is CCCCN(CC(C)(C=O)c1ccccc1)C(C)CC. The maximum absolute atomic E-state index is 11.7. The molecule has 0 amide bonds. The maximum atomic E-state index is 11.7. The molecular formula is C18H29NO. The van der Waals surface area contributed by atoms with Crippen molar-refractivity contribution in [3.8, 4) is 0 Å². The predicted octanol–water partition coefficient (Wildman–Crippen LogP) is 4.04. The summed E-state index contributed by atoms with van der Waals surface area (Å²) in [7, 11) is 0. The van der Waals surface area contributed by atoms with E-state index in [0.717, 1.165) is 31.4 Å². The van der Waals surface area contributed by atoms with Crippen molar-refractivity contribution in [2.75, 3.05) is 13.1 Å². The van der Waals surface area contributed by atoms with Crippen molar-refractivity contribution < 1.29 is 4.79 Å². The fourth-order valence-corrected chi connectivity index (χ4v) is 2.51. The van der Waals surface area contributed by atoms with Gasteiger partial charge in [-0.25, -0.2) is 0 Å². The molecule has 2 atom stereocenters. The standard InChI is InChI=1S/C18H29NO/c1-5-7-13-19(16(3)6-2)14-18(4,15-20)17-11-9-8-10-12-17/h8-12,15-16H,5-7,13-14H2,1-4H3. The summed E-state index contributed by atoms with van der Waals surface area (Å²) in [5.41, 5.74) is 0.693. The number of carbonyl (C=O) groups is 1. The predicted molar refractivity (Wildman–Crippen MR) is 86.1 cm³/mol. The van der Waals surface area contributed by atoms with Gasteiger partial charge in [0.15, 0.2) is 0 Å². The van der Waals surface area contributed by atoms with Gasteiger partial charge in [-0.1, -0.05) is 50.6 Å². The van der Waals surface area contributed by atoms with Gasteiger partial charge in [-0.05, 0) is 38.8 Å². The van der Waals surface area contributed by atoms with Crippen LogP contribution >= 0.6 is 0 Å². The van der Waals surface area contributed by atoms with Gasteiger partial charge in [-0.15, -0.1) is 0 Å². The number of benzene rings is 1. The molecule has 0 aliphatic carbocycles. The number of aldehydes is 1. The first-order chi connectivity index (χ1) is 9.57. The van der Waals surface area contributed by atoms with Gasteiger partial charge in [-0.2, -0.15) is 0 Å². The number of hydrogen-bond acceptors (Lipinski definition) is 2. The van der Waals surface area contributed by atoms with Crippen molar-refractivity contribution in [2.24, 2.45) is 0 Å². The summed E-state index contributed by atoms with van der Waals surface area (Å²) >= 11 is 0. The van der Waals surface area contributed by atoms with Crippen molar-refractivity contribution in [3.05, 3.63) is 35.9 Å². The molecule has 0 saturated heterocycles. The maximum Gasteiger partial charge on any atom is 0.131 e. The van der Waals surface area contributed by atoms with Crippen molar-refractivity contribution in [3.63, 3.8) is 0 Å². The molecule has 0 radical (unpaired) electrons. The first-order valence-corrected chi connectivity index (χ1v) is 7.83. The molecule has 1 rings (SSSR count). The molecule has 2 nitrogen and oxygen atoms in total. The smallest absolute Gasteiger partial charge is 0.131 e. The van der Waals surface area contributed by atoms with Gasteiger partial charge in [0, 0.05) is 12.6 Å². The molecule has 1 aromatic rings. The highest BCUT2D eigenvalue weighted by Gasteiger charge is 2.30. The Kier molecular flexibility index (Phi) is 6.94. The van der Waals surface area contributed by atoms with Crippen LogP contribution in [0.5, 0.6) is 0 Å². The molecule has 20 heavy (non-hydrogen) atoms. The average Bonchev–Trinajstić information content (AvgIpc) is 2.51. The Bertz CT molecular complexity index is 390. The minimum atomic E-state index is -0.418. The van der Waals surface area contributed by atoms with Gasteiger partial charge in [0.2, 0.25) is 0 Å². The summed E-state index contributed by atoms with van der Waals surface area (Å²) in [5, 5.41) is 0. The number of rotatable bonds is 9. The van der Waals surface area contributed by atoms with Gasteiger partial charge in [0.1, 0.15) is 6.29 Å². The monoisotopic (exact) mass is 275 g/mol. The first-order valence-electron chi connectivity index (χ1n) is 7.83. The highest BCUT2D eigenvalue weighted by molar-refractivity contribution is 5.68. The van der Waals surface area contributed by atoms with Crippen molar-refractivity contribution in [2.45, 2.75) is 58.4 Å². The lowest BCUT2D eigenvalue weighted by molar-refractivity contribution is -0.113. The molecule has 0 aliphatic rings.